The molecule has 8 nitrogen and oxygen atoms in total. The van der Waals surface area contributed by atoms with Crippen molar-refractivity contribution in [2.75, 3.05) is 12.9 Å². The molecule has 1 aromatic heterocycles. The number of nitrogens with one attached hydrogen (secondary N) is 2. The highest BCUT2D eigenvalue weighted by Gasteiger charge is 2.33. The zero-order valence-electron chi connectivity index (χ0n) is 17.1. The van der Waals surface area contributed by atoms with Gasteiger partial charge in [0.1, 0.15) is 6.04 Å². The molecule has 0 bridgehead atoms. The van der Waals surface area contributed by atoms with E-state index in [4.69, 9.17) is 4.74 Å². The van der Waals surface area contributed by atoms with Gasteiger partial charge in [0.15, 0.2) is 0 Å². The molecule has 0 spiro atoms. The van der Waals surface area contributed by atoms with Gasteiger partial charge < -0.3 is 15.0 Å². The zero-order valence-corrected chi connectivity index (χ0v) is 18.0. The highest BCUT2D eigenvalue weighted by atomic mass is 32.2. The molecule has 3 aromatic rings. The number of H-pyrrole nitrogens is 1. The largest absolute Gasteiger partial charge is 0.467 e. The standard InChI is InChI=1S/C21H18F3N3O5S/c1-32-20(29)16(8-12-10-25-15-5-3-2-4-14(12)15)26-19(28)11-33-18-7-6-13(21(22,23)24)9-17(18)27(30)31/h2-7,9-10,16,25H,8,11H2,1H3,(H,26,28)/t16-/m1/s1. The summed E-state index contributed by atoms with van der Waals surface area (Å²) >= 11 is 0.695. The molecule has 0 aliphatic heterocycles. The molecule has 2 aromatic carbocycles. The van der Waals surface area contributed by atoms with Crippen molar-refractivity contribution in [2.24, 2.45) is 0 Å². The zero-order chi connectivity index (χ0) is 24.2. The Morgan fingerprint density at radius 2 is 1.97 bits per heavy atom. The fraction of sp³-hybridized carbons (Fsp3) is 0.238. The molecule has 33 heavy (non-hydrogen) atoms. The quantitative estimate of drug-likeness (QED) is 0.217. The van der Waals surface area contributed by atoms with Gasteiger partial charge in [-0.1, -0.05) is 18.2 Å². The number of methoxy groups -OCH3 is 1. The van der Waals surface area contributed by atoms with Crippen LogP contribution in [0.2, 0.25) is 0 Å². The normalized spacial score (nSPS) is 12.4. The van der Waals surface area contributed by atoms with Gasteiger partial charge in [0.25, 0.3) is 5.69 Å². The van der Waals surface area contributed by atoms with Gasteiger partial charge in [0, 0.05) is 29.6 Å². The van der Waals surface area contributed by atoms with Crippen LogP contribution in [0.1, 0.15) is 11.1 Å². The summed E-state index contributed by atoms with van der Waals surface area (Å²) < 4.78 is 43.3. The second kappa shape index (κ2) is 9.94. The van der Waals surface area contributed by atoms with E-state index >= 15 is 0 Å². The number of fused-ring (bicyclic) bond motifs is 1. The van der Waals surface area contributed by atoms with Gasteiger partial charge >= 0.3 is 12.1 Å². The van der Waals surface area contributed by atoms with Gasteiger partial charge in [-0.25, -0.2) is 4.79 Å². The lowest BCUT2D eigenvalue weighted by atomic mass is 10.0. The number of thioether (sulfide) groups is 1. The van der Waals surface area contributed by atoms with Gasteiger partial charge in [-0.05, 0) is 23.8 Å². The van der Waals surface area contributed by atoms with Crippen molar-refractivity contribution in [2.45, 2.75) is 23.5 Å². The van der Waals surface area contributed by atoms with E-state index in [1.165, 1.54) is 7.11 Å². The van der Waals surface area contributed by atoms with Crippen LogP contribution in [0.4, 0.5) is 18.9 Å². The topological polar surface area (TPSA) is 114 Å². The minimum absolute atomic E-state index is 0.102. The molecule has 0 saturated heterocycles. The van der Waals surface area contributed by atoms with Gasteiger partial charge in [-0.2, -0.15) is 13.2 Å². The Bertz CT molecular complexity index is 1200. The number of carbonyl (C=O) groups excluding carboxylic acids is 2. The van der Waals surface area contributed by atoms with Crippen molar-refractivity contribution < 1.29 is 32.4 Å². The van der Waals surface area contributed by atoms with Crippen molar-refractivity contribution in [3.8, 4) is 0 Å². The SMILES string of the molecule is COC(=O)[C@@H](Cc1c[nH]c2ccccc12)NC(=O)CSc1ccc(C(F)(F)F)cc1[N+](=O)[O-]. The second-order valence-corrected chi connectivity index (χ2v) is 7.95. The number of ether oxygens (including phenoxy) is 1. The van der Waals surface area contributed by atoms with Crippen molar-refractivity contribution in [1.82, 2.24) is 10.3 Å². The van der Waals surface area contributed by atoms with Crippen molar-refractivity contribution in [1.29, 1.82) is 0 Å². The Labute approximate surface area is 189 Å². The summed E-state index contributed by atoms with van der Waals surface area (Å²) in [4.78, 5) is 37.9. The van der Waals surface area contributed by atoms with E-state index in [9.17, 15) is 32.9 Å². The first-order valence-corrected chi connectivity index (χ1v) is 10.5. The van der Waals surface area contributed by atoms with E-state index in [0.29, 0.717) is 23.9 Å². The van der Waals surface area contributed by atoms with Gasteiger partial charge in [-0.3, -0.25) is 14.9 Å². The van der Waals surface area contributed by atoms with Crippen LogP contribution in [0.25, 0.3) is 10.9 Å². The maximum Gasteiger partial charge on any atom is 0.416 e. The predicted molar refractivity (Wildman–Crippen MR) is 115 cm³/mol. The molecular formula is C21H18F3N3O5S. The van der Waals surface area contributed by atoms with Gasteiger partial charge in [0.05, 0.1) is 28.2 Å². The number of nitro benzene ring substituents is 1. The van der Waals surface area contributed by atoms with Crippen LogP contribution < -0.4 is 5.32 Å². The third kappa shape index (κ3) is 5.83. The van der Waals surface area contributed by atoms with Crippen LogP contribution in [0.15, 0.2) is 53.6 Å². The first kappa shape index (κ1) is 24.1. The average Bonchev–Trinajstić information content (AvgIpc) is 3.18. The smallest absolute Gasteiger partial charge is 0.416 e. The van der Waals surface area contributed by atoms with Crippen LogP contribution in [0.5, 0.6) is 0 Å². The number of hydrogen-bond donors (Lipinski definition) is 2. The predicted octanol–water partition coefficient (Wildman–Crippen LogP) is 4.09. The molecule has 12 heteroatoms. The summed E-state index contributed by atoms with van der Waals surface area (Å²) in [7, 11) is 1.18. The molecule has 0 aliphatic carbocycles. The number of hydrogen-bond acceptors (Lipinski definition) is 6. The van der Waals surface area contributed by atoms with Crippen LogP contribution >= 0.6 is 11.8 Å². The number of halogens is 3. The molecule has 2 N–H and O–H groups in total. The number of para-hydroxylation sites is 1. The van der Waals surface area contributed by atoms with E-state index < -0.39 is 40.3 Å². The third-order valence-electron chi connectivity index (χ3n) is 4.76. The Morgan fingerprint density at radius 1 is 1.24 bits per heavy atom. The van der Waals surface area contributed by atoms with E-state index in [-0.39, 0.29) is 17.1 Å². The second-order valence-electron chi connectivity index (χ2n) is 6.93. The third-order valence-corrected chi connectivity index (χ3v) is 5.82. The van der Waals surface area contributed by atoms with E-state index in [1.54, 1.807) is 6.20 Å². The fourth-order valence-electron chi connectivity index (χ4n) is 3.19. The van der Waals surface area contributed by atoms with E-state index in [0.717, 1.165) is 22.5 Å². The van der Waals surface area contributed by atoms with Crippen molar-refractivity contribution in [3.05, 3.63) is 69.9 Å². The molecule has 0 aliphatic rings. The van der Waals surface area contributed by atoms with E-state index in [1.807, 2.05) is 24.3 Å². The molecule has 174 valence electrons. The van der Waals surface area contributed by atoms with Crippen LogP contribution in [-0.4, -0.2) is 40.7 Å². The Kier molecular flexibility index (Phi) is 7.26. The highest BCUT2D eigenvalue weighted by molar-refractivity contribution is 8.00. The minimum atomic E-state index is -4.73. The number of alkyl halides is 3. The highest BCUT2D eigenvalue weighted by Crippen LogP contribution is 2.36. The molecule has 0 unspecified atom stereocenters. The summed E-state index contributed by atoms with van der Waals surface area (Å²) in [5.74, 6) is -1.67. The molecule has 1 amide bonds. The summed E-state index contributed by atoms with van der Waals surface area (Å²) in [6.07, 6.45) is -2.89. The van der Waals surface area contributed by atoms with Crippen molar-refractivity contribution >= 4 is 40.2 Å². The average molecular weight is 481 g/mol. The number of nitro groups is 1. The summed E-state index contributed by atoms with van der Waals surface area (Å²) in [6, 6.07) is 8.46. The van der Waals surface area contributed by atoms with Crippen molar-refractivity contribution in [3.63, 3.8) is 0 Å². The molecule has 0 fully saturated rings. The lowest BCUT2D eigenvalue weighted by Gasteiger charge is -2.16. The maximum atomic E-state index is 12.8. The number of amides is 1. The summed E-state index contributed by atoms with van der Waals surface area (Å²) in [6.45, 7) is 0. The Hall–Kier alpha value is -3.54. The number of nitrogens with zero attached hydrogens (tertiary/aromatic N) is 1. The van der Waals surface area contributed by atoms with Crippen LogP contribution in [0.3, 0.4) is 0 Å². The van der Waals surface area contributed by atoms with Gasteiger partial charge in [-0.15, -0.1) is 11.8 Å². The molecule has 1 atom stereocenters. The maximum absolute atomic E-state index is 12.8. The summed E-state index contributed by atoms with van der Waals surface area (Å²) in [5, 5.41) is 14.6. The number of esters is 1. The minimum Gasteiger partial charge on any atom is -0.467 e. The van der Waals surface area contributed by atoms with E-state index in [2.05, 4.69) is 10.3 Å². The lowest BCUT2D eigenvalue weighted by molar-refractivity contribution is -0.388. The molecule has 0 radical (unpaired) electrons. The number of benzene rings is 2. The molecule has 0 saturated carbocycles. The summed E-state index contributed by atoms with van der Waals surface area (Å²) in [5.41, 5.74) is -0.293. The van der Waals surface area contributed by atoms with Crippen LogP contribution in [-0.2, 0) is 26.9 Å². The number of carbonyl (C=O) groups is 2. The molecular weight excluding hydrogens is 463 g/mol. The Morgan fingerprint density at radius 3 is 2.64 bits per heavy atom. The lowest BCUT2D eigenvalue weighted by Crippen LogP contribution is -2.43. The number of aromatic nitrogens is 1. The molecule has 1 heterocycles. The monoisotopic (exact) mass is 481 g/mol. The Balaban J connectivity index is 1.71. The van der Waals surface area contributed by atoms with Gasteiger partial charge in [0.2, 0.25) is 5.91 Å². The van der Waals surface area contributed by atoms with Crippen LogP contribution in [0, 0.1) is 10.1 Å². The first-order chi connectivity index (χ1) is 15.6. The first-order valence-electron chi connectivity index (χ1n) is 9.50. The number of aromatic amines is 1. The number of rotatable bonds is 8. The fourth-order valence-corrected chi connectivity index (χ4v) is 4.01. The molecule has 3 rings (SSSR count).